The number of allylic oxidation sites excluding steroid dienone is 1. The highest BCUT2D eigenvalue weighted by Gasteiger charge is 2.42. The van der Waals surface area contributed by atoms with E-state index >= 15 is 4.57 Å². The van der Waals surface area contributed by atoms with Crippen molar-refractivity contribution in [1.82, 2.24) is 0 Å². The van der Waals surface area contributed by atoms with E-state index in [-0.39, 0.29) is 0 Å². The van der Waals surface area contributed by atoms with E-state index in [1.54, 1.807) is 0 Å². The molecule has 0 saturated heterocycles. The first-order valence-electron chi connectivity index (χ1n) is 10.7. The van der Waals surface area contributed by atoms with E-state index in [4.69, 9.17) is 0 Å². The normalized spacial score (nSPS) is 17.6. The molecule has 0 N–H and O–H groups in total. The predicted octanol–water partition coefficient (Wildman–Crippen LogP) is 6.63. The summed E-state index contributed by atoms with van der Waals surface area (Å²) in [5, 5.41) is 2.92. The van der Waals surface area contributed by atoms with Gasteiger partial charge >= 0.3 is 0 Å². The molecule has 0 spiro atoms. The third kappa shape index (κ3) is 3.40. The van der Waals surface area contributed by atoms with Gasteiger partial charge in [0.2, 0.25) is 0 Å². The van der Waals surface area contributed by atoms with Crippen molar-refractivity contribution in [2.75, 3.05) is 0 Å². The van der Waals surface area contributed by atoms with Crippen LogP contribution in [0.5, 0.6) is 0 Å². The Labute approximate surface area is 184 Å². The van der Waals surface area contributed by atoms with Gasteiger partial charge in [0.15, 0.2) is 7.14 Å². The molecule has 0 radical (unpaired) electrons. The standard InChI is InChI=1S/C29H25OP/c1-21-13-16-25(17-14-21)31(30)27-18-15-22(2)19-26(27)29(24-11-7-4-8-12-24)28(31)20-23-9-5-3-6-10-23/h3-19H,20H2,1-2H3. The lowest BCUT2D eigenvalue weighted by Gasteiger charge is -2.20. The highest BCUT2D eigenvalue weighted by molar-refractivity contribution is 7.83. The third-order valence-electron chi connectivity index (χ3n) is 6.10. The van der Waals surface area contributed by atoms with Crippen LogP contribution in [0.3, 0.4) is 0 Å². The quantitative estimate of drug-likeness (QED) is 0.339. The molecule has 0 aliphatic carbocycles. The molecule has 4 aromatic carbocycles. The summed E-state index contributed by atoms with van der Waals surface area (Å²) >= 11 is 0. The van der Waals surface area contributed by atoms with Gasteiger partial charge in [0.05, 0.1) is 0 Å². The van der Waals surface area contributed by atoms with Gasteiger partial charge in [0, 0.05) is 22.3 Å². The van der Waals surface area contributed by atoms with Crippen LogP contribution in [0.25, 0.3) is 5.57 Å². The van der Waals surface area contributed by atoms with Gasteiger partial charge in [-0.15, -0.1) is 0 Å². The summed E-state index contributed by atoms with van der Waals surface area (Å²) < 4.78 is 15.1. The zero-order valence-electron chi connectivity index (χ0n) is 17.9. The van der Waals surface area contributed by atoms with Gasteiger partial charge in [0.1, 0.15) is 0 Å². The molecule has 0 aromatic heterocycles. The first kappa shape index (κ1) is 19.8. The van der Waals surface area contributed by atoms with Crippen molar-refractivity contribution in [3.8, 4) is 0 Å². The van der Waals surface area contributed by atoms with Crippen LogP contribution < -0.4 is 10.6 Å². The van der Waals surface area contributed by atoms with Crippen molar-refractivity contribution < 1.29 is 4.57 Å². The van der Waals surface area contributed by atoms with Gasteiger partial charge in [-0.1, -0.05) is 108 Å². The fraction of sp³-hybridized carbons (Fsp3) is 0.103. The van der Waals surface area contributed by atoms with Gasteiger partial charge in [-0.3, -0.25) is 0 Å². The van der Waals surface area contributed by atoms with Crippen molar-refractivity contribution in [2.24, 2.45) is 0 Å². The van der Waals surface area contributed by atoms with E-state index in [0.717, 1.165) is 32.6 Å². The van der Waals surface area contributed by atoms with Crippen LogP contribution in [0.2, 0.25) is 0 Å². The maximum absolute atomic E-state index is 15.1. The average Bonchev–Trinajstić information content (AvgIpc) is 3.03. The lowest BCUT2D eigenvalue weighted by molar-refractivity contribution is 0.590. The molecule has 2 heteroatoms. The zero-order valence-corrected chi connectivity index (χ0v) is 18.8. The maximum atomic E-state index is 15.1. The molecule has 1 aliphatic heterocycles. The molecule has 4 aromatic rings. The van der Waals surface area contributed by atoms with Crippen LogP contribution >= 0.6 is 7.14 Å². The fourth-order valence-corrected chi connectivity index (χ4v) is 7.77. The predicted molar refractivity (Wildman–Crippen MR) is 132 cm³/mol. The van der Waals surface area contributed by atoms with E-state index in [1.807, 2.05) is 12.1 Å². The molecular weight excluding hydrogens is 395 g/mol. The molecule has 0 bridgehead atoms. The summed E-state index contributed by atoms with van der Waals surface area (Å²) in [6, 6.07) is 35.5. The molecule has 0 fully saturated rings. The lowest BCUT2D eigenvalue weighted by Crippen LogP contribution is -2.16. The molecule has 31 heavy (non-hydrogen) atoms. The summed E-state index contributed by atoms with van der Waals surface area (Å²) in [5.41, 5.74) is 6.92. The molecule has 1 aliphatic rings. The molecule has 0 saturated carbocycles. The minimum absolute atomic E-state index is 0.671. The molecule has 1 heterocycles. The minimum Gasteiger partial charge on any atom is -0.309 e. The Bertz CT molecular complexity index is 1320. The molecular formula is C29H25OP. The Hall–Kier alpha value is -3.15. The first-order valence-corrected chi connectivity index (χ1v) is 12.4. The summed E-state index contributed by atoms with van der Waals surface area (Å²) in [4.78, 5) is 0. The number of hydrogen-bond acceptors (Lipinski definition) is 1. The van der Waals surface area contributed by atoms with E-state index in [1.165, 1.54) is 16.7 Å². The molecule has 0 amide bonds. The topological polar surface area (TPSA) is 17.1 Å². The second-order valence-electron chi connectivity index (χ2n) is 8.32. The van der Waals surface area contributed by atoms with Crippen molar-refractivity contribution in [3.05, 3.63) is 136 Å². The average molecular weight is 420 g/mol. The Morgan fingerprint density at radius 1 is 0.677 bits per heavy atom. The largest absolute Gasteiger partial charge is 0.309 e. The van der Waals surface area contributed by atoms with Crippen molar-refractivity contribution in [1.29, 1.82) is 0 Å². The molecule has 5 rings (SSSR count). The van der Waals surface area contributed by atoms with Gasteiger partial charge in [-0.25, -0.2) is 0 Å². The second-order valence-corrected chi connectivity index (χ2v) is 11.1. The van der Waals surface area contributed by atoms with Gasteiger partial charge in [-0.05, 0) is 42.2 Å². The Morgan fingerprint density at radius 3 is 1.97 bits per heavy atom. The Balaban J connectivity index is 1.84. The summed E-state index contributed by atoms with van der Waals surface area (Å²) in [6.45, 7) is 4.18. The molecule has 152 valence electrons. The van der Waals surface area contributed by atoms with E-state index in [9.17, 15) is 0 Å². The van der Waals surface area contributed by atoms with Crippen molar-refractivity contribution in [3.63, 3.8) is 0 Å². The van der Waals surface area contributed by atoms with E-state index in [2.05, 4.69) is 105 Å². The number of rotatable bonds is 4. The monoisotopic (exact) mass is 420 g/mol. The second kappa shape index (κ2) is 7.84. The summed E-state index contributed by atoms with van der Waals surface area (Å²) in [5.74, 6) is 0. The Morgan fingerprint density at radius 2 is 1.29 bits per heavy atom. The molecule has 1 unspecified atom stereocenters. The van der Waals surface area contributed by atoms with E-state index < -0.39 is 7.14 Å². The molecule has 1 atom stereocenters. The van der Waals surface area contributed by atoms with Gasteiger partial charge in [0.25, 0.3) is 0 Å². The van der Waals surface area contributed by atoms with Crippen molar-refractivity contribution in [2.45, 2.75) is 20.3 Å². The zero-order chi connectivity index (χ0) is 21.4. The smallest absolute Gasteiger partial charge is 0.168 e. The van der Waals surface area contributed by atoms with Crippen LogP contribution in [0.4, 0.5) is 0 Å². The first-order chi connectivity index (χ1) is 15.1. The number of benzene rings is 4. The maximum Gasteiger partial charge on any atom is 0.168 e. The highest BCUT2D eigenvalue weighted by atomic mass is 31.2. The number of aryl methyl sites for hydroxylation is 2. The lowest BCUT2D eigenvalue weighted by atomic mass is 9.95. The Kier molecular flexibility index (Phi) is 5.00. The summed E-state index contributed by atoms with van der Waals surface area (Å²) in [6.07, 6.45) is 0.671. The van der Waals surface area contributed by atoms with Crippen LogP contribution in [0.15, 0.2) is 108 Å². The van der Waals surface area contributed by atoms with Crippen LogP contribution in [-0.2, 0) is 11.0 Å². The minimum atomic E-state index is -2.97. The van der Waals surface area contributed by atoms with Crippen molar-refractivity contribution >= 4 is 23.3 Å². The van der Waals surface area contributed by atoms with Crippen LogP contribution in [0, 0.1) is 13.8 Å². The SMILES string of the molecule is Cc1ccc(P2(=O)C(Cc3ccccc3)=C(c3ccccc3)c3cc(C)ccc32)cc1. The summed E-state index contributed by atoms with van der Waals surface area (Å²) in [7, 11) is -2.97. The van der Waals surface area contributed by atoms with Gasteiger partial charge in [-0.2, -0.15) is 0 Å². The fourth-order valence-electron chi connectivity index (χ4n) is 4.55. The van der Waals surface area contributed by atoms with Gasteiger partial charge < -0.3 is 4.57 Å². The number of fused-ring (bicyclic) bond motifs is 1. The van der Waals surface area contributed by atoms with E-state index in [0.29, 0.717) is 6.42 Å². The number of hydrogen-bond donors (Lipinski definition) is 0. The molecule has 1 nitrogen and oxygen atoms in total. The highest BCUT2D eigenvalue weighted by Crippen LogP contribution is 2.62. The third-order valence-corrected chi connectivity index (χ3v) is 9.34. The van der Waals surface area contributed by atoms with Crippen LogP contribution in [-0.4, -0.2) is 0 Å². The van der Waals surface area contributed by atoms with Crippen LogP contribution in [0.1, 0.15) is 27.8 Å².